The second-order valence-corrected chi connectivity index (χ2v) is 4.81. The summed E-state index contributed by atoms with van der Waals surface area (Å²) < 4.78 is 10.4. The second-order valence-electron chi connectivity index (χ2n) is 4.81. The van der Waals surface area contributed by atoms with Crippen molar-refractivity contribution < 1.29 is 14.1 Å². The fraction of sp³-hybridized carbons (Fsp3) is 0.400. The van der Waals surface area contributed by atoms with Gasteiger partial charge >= 0.3 is 0 Å². The van der Waals surface area contributed by atoms with Gasteiger partial charge in [-0.3, -0.25) is 4.79 Å². The minimum absolute atomic E-state index is 0. The van der Waals surface area contributed by atoms with Crippen molar-refractivity contribution in [1.29, 1.82) is 0 Å². The van der Waals surface area contributed by atoms with Gasteiger partial charge < -0.3 is 20.3 Å². The van der Waals surface area contributed by atoms with Crippen molar-refractivity contribution in [2.75, 3.05) is 13.7 Å². The lowest BCUT2D eigenvalue weighted by Crippen LogP contribution is -2.30. The molecular weight excluding hydrogens is 320 g/mol. The summed E-state index contributed by atoms with van der Waals surface area (Å²) in [5.41, 5.74) is 6.21. The molecule has 2 aromatic rings. The Morgan fingerprint density at radius 1 is 1.43 bits per heavy atom. The van der Waals surface area contributed by atoms with E-state index in [-0.39, 0.29) is 18.3 Å². The zero-order valence-electron chi connectivity index (χ0n) is 13.1. The number of amides is 1. The second kappa shape index (κ2) is 9.12. The first-order chi connectivity index (χ1) is 10.7. The molecule has 0 saturated heterocycles. The van der Waals surface area contributed by atoms with E-state index in [1.165, 1.54) is 0 Å². The van der Waals surface area contributed by atoms with Crippen LogP contribution in [0.4, 0.5) is 0 Å². The molecule has 1 atom stereocenters. The van der Waals surface area contributed by atoms with Gasteiger partial charge in [-0.1, -0.05) is 23.4 Å². The number of carbonyl (C=O) groups excluding carboxylic acids is 1. The molecule has 0 radical (unpaired) electrons. The lowest BCUT2D eigenvalue weighted by atomic mass is 10.0. The average molecular weight is 341 g/mol. The molecule has 1 heterocycles. The Balaban J connectivity index is 0.00000264. The topological polar surface area (TPSA) is 103 Å². The van der Waals surface area contributed by atoms with Gasteiger partial charge in [-0.2, -0.15) is 4.98 Å². The van der Waals surface area contributed by atoms with Crippen LogP contribution in [0.25, 0.3) is 0 Å². The summed E-state index contributed by atoms with van der Waals surface area (Å²) in [4.78, 5) is 16.3. The molecule has 1 unspecified atom stereocenters. The van der Waals surface area contributed by atoms with Crippen LogP contribution in [0.5, 0.6) is 5.75 Å². The fourth-order valence-corrected chi connectivity index (χ4v) is 2.11. The van der Waals surface area contributed by atoms with Gasteiger partial charge in [-0.05, 0) is 19.0 Å². The van der Waals surface area contributed by atoms with Gasteiger partial charge in [0.1, 0.15) is 11.8 Å². The number of ether oxygens (including phenoxy) is 1. The maximum atomic E-state index is 12.1. The standard InChI is InChI=1S/C15H20N4O3.ClH/c1-10-17-15(19-22-10)14(18-13(20)8-5-9-16)11-6-3-4-7-12(11)21-2;/h3-4,6-7,14H,5,8-9,16H2,1-2H3,(H,18,20);1H. The highest BCUT2D eigenvalue weighted by molar-refractivity contribution is 5.85. The maximum Gasteiger partial charge on any atom is 0.223 e. The van der Waals surface area contributed by atoms with E-state index in [4.69, 9.17) is 15.0 Å². The molecule has 0 aliphatic carbocycles. The summed E-state index contributed by atoms with van der Waals surface area (Å²) in [7, 11) is 1.58. The number of aromatic nitrogens is 2. The number of rotatable bonds is 7. The molecular formula is C15H21ClN4O3. The number of halogens is 1. The van der Waals surface area contributed by atoms with Crippen molar-refractivity contribution in [2.45, 2.75) is 25.8 Å². The Hall–Kier alpha value is -2.12. The zero-order valence-corrected chi connectivity index (χ0v) is 13.9. The number of nitrogens with one attached hydrogen (secondary N) is 1. The van der Waals surface area contributed by atoms with Crippen LogP contribution in [-0.2, 0) is 4.79 Å². The largest absolute Gasteiger partial charge is 0.496 e. The number of carbonyl (C=O) groups is 1. The molecule has 0 bridgehead atoms. The Morgan fingerprint density at radius 2 is 2.17 bits per heavy atom. The van der Waals surface area contributed by atoms with E-state index >= 15 is 0 Å². The summed E-state index contributed by atoms with van der Waals surface area (Å²) in [6.07, 6.45) is 0.967. The maximum absolute atomic E-state index is 12.1. The van der Waals surface area contributed by atoms with Crippen LogP contribution in [-0.4, -0.2) is 29.7 Å². The van der Waals surface area contributed by atoms with E-state index in [1.807, 2.05) is 24.3 Å². The molecule has 0 spiro atoms. The van der Waals surface area contributed by atoms with Gasteiger partial charge in [0.2, 0.25) is 11.8 Å². The van der Waals surface area contributed by atoms with Crippen molar-refractivity contribution >= 4 is 18.3 Å². The lowest BCUT2D eigenvalue weighted by Gasteiger charge is -2.18. The van der Waals surface area contributed by atoms with Crippen molar-refractivity contribution in [3.05, 3.63) is 41.5 Å². The van der Waals surface area contributed by atoms with Crippen molar-refractivity contribution in [3.8, 4) is 5.75 Å². The molecule has 7 nitrogen and oxygen atoms in total. The molecule has 0 aliphatic heterocycles. The third-order valence-corrected chi connectivity index (χ3v) is 3.16. The number of nitrogens with two attached hydrogens (primary N) is 1. The predicted molar refractivity (Wildman–Crippen MR) is 87.6 cm³/mol. The van der Waals surface area contributed by atoms with E-state index in [2.05, 4.69) is 15.5 Å². The molecule has 0 saturated carbocycles. The highest BCUT2D eigenvalue weighted by Crippen LogP contribution is 2.28. The summed E-state index contributed by atoms with van der Waals surface area (Å²) in [5, 5.41) is 6.83. The summed E-state index contributed by atoms with van der Waals surface area (Å²) >= 11 is 0. The SMILES string of the molecule is COc1ccccc1C(NC(=O)CCCN)c1noc(C)n1.Cl. The zero-order chi connectivity index (χ0) is 15.9. The van der Waals surface area contributed by atoms with Crippen LogP contribution < -0.4 is 15.8 Å². The number of hydrogen-bond acceptors (Lipinski definition) is 6. The molecule has 2 rings (SSSR count). The van der Waals surface area contributed by atoms with Crippen LogP contribution in [0, 0.1) is 6.92 Å². The number of aryl methyl sites for hydroxylation is 1. The van der Waals surface area contributed by atoms with Gasteiger partial charge in [0.25, 0.3) is 0 Å². The molecule has 23 heavy (non-hydrogen) atoms. The number of nitrogens with zero attached hydrogens (tertiary/aromatic N) is 2. The molecule has 1 amide bonds. The molecule has 8 heteroatoms. The van der Waals surface area contributed by atoms with Gasteiger partial charge in [0.05, 0.1) is 7.11 Å². The van der Waals surface area contributed by atoms with E-state index in [0.29, 0.717) is 36.9 Å². The summed E-state index contributed by atoms with van der Waals surface area (Å²) in [6.45, 7) is 2.17. The highest BCUT2D eigenvalue weighted by atomic mass is 35.5. The minimum Gasteiger partial charge on any atom is -0.496 e. The van der Waals surface area contributed by atoms with E-state index in [9.17, 15) is 4.79 Å². The first kappa shape index (κ1) is 18.9. The van der Waals surface area contributed by atoms with E-state index in [0.717, 1.165) is 5.56 Å². The molecule has 126 valence electrons. The quantitative estimate of drug-likeness (QED) is 0.796. The summed E-state index contributed by atoms with van der Waals surface area (Å²) in [6, 6.07) is 6.87. The number of para-hydroxylation sites is 1. The smallest absolute Gasteiger partial charge is 0.223 e. The van der Waals surface area contributed by atoms with Crippen molar-refractivity contribution in [3.63, 3.8) is 0 Å². The first-order valence-electron chi connectivity index (χ1n) is 7.08. The fourth-order valence-electron chi connectivity index (χ4n) is 2.11. The molecule has 0 aliphatic rings. The van der Waals surface area contributed by atoms with Gasteiger partial charge in [0.15, 0.2) is 5.82 Å². The minimum atomic E-state index is -0.529. The van der Waals surface area contributed by atoms with E-state index in [1.54, 1.807) is 14.0 Å². The normalized spacial score (nSPS) is 11.4. The average Bonchev–Trinajstić information content (AvgIpc) is 2.96. The summed E-state index contributed by atoms with van der Waals surface area (Å²) in [5.74, 6) is 1.35. The molecule has 1 aromatic heterocycles. The molecule has 1 aromatic carbocycles. The van der Waals surface area contributed by atoms with Crippen molar-refractivity contribution in [1.82, 2.24) is 15.5 Å². The van der Waals surface area contributed by atoms with Gasteiger partial charge in [0, 0.05) is 18.9 Å². The van der Waals surface area contributed by atoms with Crippen LogP contribution in [0.2, 0.25) is 0 Å². The van der Waals surface area contributed by atoms with Crippen LogP contribution in [0.15, 0.2) is 28.8 Å². The van der Waals surface area contributed by atoms with Crippen molar-refractivity contribution in [2.24, 2.45) is 5.73 Å². The number of hydrogen-bond donors (Lipinski definition) is 2. The number of methoxy groups -OCH3 is 1. The Kier molecular flexibility index (Phi) is 7.50. The Labute approximate surface area is 141 Å². The van der Waals surface area contributed by atoms with Crippen LogP contribution >= 0.6 is 12.4 Å². The molecule has 3 N–H and O–H groups in total. The van der Waals surface area contributed by atoms with Crippen LogP contribution in [0.3, 0.4) is 0 Å². The lowest BCUT2D eigenvalue weighted by molar-refractivity contribution is -0.121. The van der Waals surface area contributed by atoms with Crippen LogP contribution in [0.1, 0.15) is 36.2 Å². The third-order valence-electron chi connectivity index (χ3n) is 3.16. The molecule has 0 fully saturated rings. The Morgan fingerprint density at radius 3 is 2.78 bits per heavy atom. The van der Waals surface area contributed by atoms with Gasteiger partial charge in [-0.25, -0.2) is 0 Å². The van der Waals surface area contributed by atoms with Gasteiger partial charge in [-0.15, -0.1) is 12.4 Å². The first-order valence-corrected chi connectivity index (χ1v) is 7.08. The number of benzene rings is 1. The monoisotopic (exact) mass is 340 g/mol. The predicted octanol–water partition coefficient (Wildman–Crippen LogP) is 1.75. The Bertz CT molecular complexity index is 633. The third kappa shape index (κ3) is 4.94. The highest BCUT2D eigenvalue weighted by Gasteiger charge is 2.24. The van der Waals surface area contributed by atoms with E-state index < -0.39 is 6.04 Å².